The third-order valence-corrected chi connectivity index (χ3v) is 2.83. The number of rotatable bonds is 2. The highest BCUT2D eigenvalue weighted by molar-refractivity contribution is 5.20. The van der Waals surface area contributed by atoms with Crippen molar-refractivity contribution in [1.82, 2.24) is 5.06 Å². The molecular weight excluding hydrogens is 114 g/mol. The van der Waals surface area contributed by atoms with Crippen molar-refractivity contribution in [2.24, 2.45) is 11.8 Å². The Hall–Kier alpha value is -0.0800. The fourth-order valence-electron chi connectivity index (χ4n) is 1.69. The van der Waals surface area contributed by atoms with Crippen LogP contribution in [0.25, 0.3) is 0 Å². The molecule has 0 radical (unpaired) electrons. The zero-order valence-corrected chi connectivity index (χ0v) is 5.29. The third-order valence-electron chi connectivity index (χ3n) is 2.83. The molecule has 2 heteroatoms. The molecule has 0 heterocycles. The van der Waals surface area contributed by atoms with Crippen LogP contribution in [0, 0.1) is 17.0 Å². The molecule has 50 valence electrons. The number of hydrogen-bond donors (Lipinski definition) is 0. The van der Waals surface area contributed by atoms with Gasteiger partial charge in [0.2, 0.25) is 0 Å². The summed E-state index contributed by atoms with van der Waals surface area (Å²) in [6, 6.07) is 0.945. The van der Waals surface area contributed by atoms with Crippen molar-refractivity contribution in [3.8, 4) is 0 Å². The van der Waals surface area contributed by atoms with E-state index in [1.54, 1.807) is 0 Å². The zero-order chi connectivity index (χ0) is 6.01. The summed E-state index contributed by atoms with van der Waals surface area (Å²) in [6.07, 6.45) is 3.69. The largest absolute Gasteiger partial charge is 0.785 e. The van der Waals surface area contributed by atoms with Gasteiger partial charge >= 0.3 is 0 Å². The second-order valence-electron chi connectivity index (χ2n) is 3.65. The van der Waals surface area contributed by atoms with Crippen LogP contribution < -0.4 is 0 Å². The molecule has 0 aromatic rings. The molecule has 3 saturated carbocycles. The van der Waals surface area contributed by atoms with Gasteiger partial charge in [-0.2, -0.15) is 0 Å². The van der Waals surface area contributed by atoms with Gasteiger partial charge in [0.25, 0.3) is 0 Å². The zero-order valence-electron chi connectivity index (χ0n) is 5.29. The summed E-state index contributed by atoms with van der Waals surface area (Å²) in [4.78, 5) is 0. The molecule has 2 unspecified atom stereocenters. The smallest absolute Gasteiger partial charge is 0.00401 e. The molecule has 2 atom stereocenters. The fraction of sp³-hybridized carbons (Fsp3) is 1.00. The van der Waals surface area contributed by atoms with E-state index in [4.69, 9.17) is 0 Å². The van der Waals surface area contributed by atoms with Gasteiger partial charge in [-0.25, -0.2) is 0 Å². The van der Waals surface area contributed by atoms with Crippen LogP contribution in [0.3, 0.4) is 0 Å². The van der Waals surface area contributed by atoms with E-state index in [0.717, 1.165) is 11.8 Å². The topological polar surface area (TPSA) is 26.3 Å². The molecule has 0 aromatic heterocycles. The highest BCUT2D eigenvalue weighted by Gasteiger charge is 2.65. The Morgan fingerprint density at radius 1 is 1.22 bits per heavy atom. The number of hydroxylamine groups is 2. The Labute approximate surface area is 54.4 Å². The second-order valence-corrected chi connectivity index (χ2v) is 3.65. The summed E-state index contributed by atoms with van der Waals surface area (Å²) in [7, 11) is 0. The molecule has 3 aliphatic carbocycles. The van der Waals surface area contributed by atoms with Gasteiger partial charge in [0, 0.05) is 6.04 Å². The molecular formula is C7H10NO-. The van der Waals surface area contributed by atoms with E-state index in [9.17, 15) is 5.21 Å². The van der Waals surface area contributed by atoms with Gasteiger partial charge in [0.15, 0.2) is 0 Å². The fourth-order valence-corrected chi connectivity index (χ4v) is 1.69. The van der Waals surface area contributed by atoms with E-state index in [1.165, 1.54) is 24.3 Å². The van der Waals surface area contributed by atoms with Crippen LogP contribution in [-0.4, -0.2) is 17.1 Å². The Balaban J connectivity index is 1.65. The number of fused-ring (bicyclic) bond motifs is 1. The Morgan fingerprint density at radius 2 is 1.89 bits per heavy atom. The number of nitrogens with zero attached hydrogens (tertiary/aromatic N) is 1. The van der Waals surface area contributed by atoms with E-state index >= 15 is 0 Å². The highest BCUT2D eigenvalue weighted by Crippen LogP contribution is 2.65. The van der Waals surface area contributed by atoms with Crippen molar-refractivity contribution in [2.45, 2.75) is 31.3 Å². The maximum atomic E-state index is 11.1. The Bertz CT molecular complexity index is 147. The molecule has 3 fully saturated rings. The quantitative estimate of drug-likeness (QED) is 0.513. The first kappa shape index (κ1) is 4.69. The summed E-state index contributed by atoms with van der Waals surface area (Å²) in [5.41, 5.74) is 0. The van der Waals surface area contributed by atoms with E-state index in [0.29, 0.717) is 12.1 Å². The van der Waals surface area contributed by atoms with Crippen LogP contribution in [0.5, 0.6) is 0 Å². The van der Waals surface area contributed by atoms with Gasteiger partial charge in [-0.15, -0.1) is 0 Å². The van der Waals surface area contributed by atoms with E-state index < -0.39 is 0 Å². The van der Waals surface area contributed by atoms with Crippen LogP contribution in [0.2, 0.25) is 0 Å². The van der Waals surface area contributed by atoms with Gasteiger partial charge < -0.3 is 10.3 Å². The minimum absolute atomic E-state index is 0.447. The molecule has 3 aliphatic rings. The van der Waals surface area contributed by atoms with Crippen LogP contribution in [0.15, 0.2) is 0 Å². The summed E-state index contributed by atoms with van der Waals surface area (Å²) in [5.74, 6) is 1.70. The van der Waals surface area contributed by atoms with Crippen molar-refractivity contribution >= 4 is 0 Å². The summed E-state index contributed by atoms with van der Waals surface area (Å²) < 4.78 is 0. The SMILES string of the molecule is [O-]N(C1CC1)C1C2CC21. The highest BCUT2D eigenvalue weighted by atomic mass is 16.5. The van der Waals surface area contributed by atoms with Crippen molar-refractivity contribution in [2.75, 3.05) is 0 Å². The molecule has 0 amide bonds. The summed E-state index contributed by atoms with van der Waals surface area (Å²) >= 11 is 0. The first-order valence-electron chi connectivity index (χ1n) is 3.83. The Kier molecular flexibility index (Phi) is 0.616. The lowest BCUT2D eigenvalue weighted by Crippen LogP contribution is -2.25. The summed E-state index contributed by atoms with van der Waals surface area (Å²) in [5, 5.41) is 12.5. The molecule has 3 rings (SSSR count). The lowest BCUT2D eigenvalue weighted by molar-refractivity contribution is 0.304. The van der Waals surface area contributed by atoms with Crippen LogP contribution in [-0.2, 0) is 0 Å². The molecule has 0 N–H and O–H groups in total. The first-order valence-corrected chi connectivity index (χ1v) is 3.83. The maximum absolute atomic E-state index is 11.1. The van der Waals surface area contributed by atoms with Gasteiger partial charge in [-0.3, -0.25) is 0 Å². The van der Waals surface area contributed by atoms with E-state index in [-0.39, 0.29) is 0 Å². The first-order chi connectivity index (χ1) is 4.38. The van der Waals surface area contributed by atoms with Gasteiger partial charge in [-0.1, -0.05) is 0 Å². The van der Waals surface area contributed by atoms with E-state index in [1.807, 2.05) is 0 Å². The van der Waals surface area contributed by atoms with E-state index in [2.05, 4.69) is 0 Å². The molecule has 0 aromatic carbocycles. The van der Waals surface area contributed by atoms with Crippen LogP contribution in [0.1, 0.15) is 19.3 Å². The van der Waals surface area contributed by atoms with Crippen molar-refractivity contribution in [1.29, 1.82) is 0 Å². The van der Waals surface area contributed by atoms with Crippen molar-refractivity contribution in [3.05, 3.63) is 5.21 Å². The average molecular weight is 124 g/mol. The maximum Gasteiger partial charge on any atom is 0.00401 e. The van der Waals surface area contributed by atoms with Crippen molar-refractivity contribution in [3.63, 3.8) is 0 Å². The second kappa shape index (κ2) is 1.18. The van der Waals surface area contributed by atoms with Gasteiger partial charge in [0.1, 0.15) is 0 Å². The monoisotopic (exact) mass is 124 g/mol. The molecule has 0 bridgehead atoms. The lowest BCUT2D eigenvalue weighted by Gasteiger charge is -2.30. The van der Waals surface area contributed by atoms with Crippen LogP contribution in [0.4, 0.5) is 0 Å². The predicted octanol–water partition coefficient (Wildman–Crippen LogP) is 0.967. The normalized spacial score (nSPS) is 53.3. The lowest BCUT2D eigenvalue weighted by atomic mass is 10.3. The average Bonchev–Trinajstić information content (AvgIpc) is 2.61. The minimum atomic E-state index is 0.447. The molecule has 2 nitrogen and oxygen atoms in total. The van der Waals surface area contributed by atoms with Crippen molar-refractivity contribution < 1.29 is 0 Å². The predicted molar refractivity (Wildman–Crippen MR) is 33.6 cm³/mol. The number of hydrogen-bond acceptors (Lipinski definition) is 2. The minimum Gasteiger partial charge on any atom is -0.785 e. The molecule has 0 spiro atoms. The molecule has 0 saturated heterocycles. The van der Waals surface area contributed by atoms with Crippen LogP contribution >= 0.6 is 0 Å². The Morgan fingerprint density at radius 3 is 2.22 bits per heavy atom. The molecule has 0 aliphatic heterocycles. The third kappa shape index (κ3) is 0.528. The van der Waals surface area contributed by atoms with Gasteiger partial charge in [-0.05, 0) is 37.1 Å². The summed E-state index contributed by atoms with van der Waals surface area (Å²) in [6.45, 7) is 0. The molecule has 9 heavy (non-hydrogen) atoms. The van der Waals surface area contributed by atoms with Gasteiger partial charge in [0.05, 0.1) is 0 Å². The standard InChI is InChI=1S/C7H10NO/c9-8(4-1-2-4)7-5-3-6(5)7/h4-7H,1-3H2/q-1.